The number of halogens is 2. The quantitative estimate of drug-likeness (QED) is 0.452. The van der Waals surface area contributed by atoms with Gasteiger partial charge in [0.15, 0.2) is 0 Å². The van der Waals surface area contributed by atoms with Crippen LogP contribution in [0.2, 0.25) is 5.02 Å². The smallest absolute Gasteiger partial charge is 0.306 e. The van der Waals surface area contributed by atoms with E-state index in [0.29, 0.717) is 0 Å². The number of hydrogen-bond acceptors (Lipinski definition) is 3. The van der Waals surface area contributed by atoms with E-state index < -0.39 is 16.4 Å². The molecule has 1 aromatic rings. The van der Waals surface area contributed by atoms with E-state index in [1.807, 2.05) is 0 Å². The van der Waals surface area contributed by atoms with Crippen molar-refractivity contribution in [3.63, 3.8) is 0 Å². The lowest BCUT2D eigenvalue weighted by molar-refractivity contribution is -0.387. The van der Waals surface area contributed by atoms with Crippen molar-refractivity contribution in [2.45, 2.75) is 0 Å². The van der Waals surface area contributed by atoms with E-state index in [-0.39, 0.29) is 17.1 Å². The van der Waals surface area contributed by atoms with Crippen LogP contribution in [-0.4, -0.2) is 11.5 Å². The summed E-state index contributed by atoms with van der Waals surface area (Å²) in [6.07, 6.45) is 0. The predicted octanol–water partition coefficient (Wildman–Crippen LogP) is 1.70. The van der Waals surface area contributed by atoms with Crippen LogP contribution in [-0.2, 0) is 0 Å². The van der Waals surface area contributed by atoms with Gasteiger partial charge < -0.3 is 5.73 Å². The Morgan fingerprint density at radius 3 is 2.80 bits per heavy atom. The molecule has 15 heavy (non-hydrogen) atoms. The van der Waals surface area contributed by atoms with Crippen LogP contribution < -0.4 is 5.73 Å². The van der Waals surface area contributed by atoms with Gasteiger partial charge in [-0.3, -0.25) is 10.1 Å². The van der Waals surface area contributed by atoms with Crippen LogP contribution in [0.15, 0.2) is 12.1 Å². The van der Waals surface area contributed by atoms with E-state index in [2.05, 4.69) is 11.8 Å². The molecule has 1 rings (SSSR count). The second-order valence-corrected chi connectivity index (χ2v) is 2.95. The van der Waals surface area contributed by atoms with E-state index in [4.69, 9.17) is 17.3 Å². The number of nitro groups is 1. The number of nitro benzene ring substituents is 1. The van der Waals surface area contributed by atoms with E-state index >= 15 is 0 Å². The maximum atomic E-state index is 13.1. The molecule has 1 aromatic carbocycles. The molecule has 6 heteroatoms. The summed E-state index contributed by atoms with van der Waals surface area (Å²) in [5.74, 6) is 4.02. The monoisotopic (exact) mass is 228 g/mol. The van der Waals surface area contributed by atoms with E-state index in [9.17, 15) is 14.5 Å². The molecule has 0 aliphatic rings. The normalized spacial score (nSPS) is 9.27. The number of benzene rings is 1. The van der Waals surface area contributed by atoms with Gasteiger partial charge in [0.2, 0.25) is 5.82 Å². The van der Waals surface area contributed by atoms with Gasteiger partial charge in [0, 0.05) is 11.6 Å². The first-order valence-corrected chi connectivity index (χ1v) is 4.26. The highest BCUT2D eigenvalue weighted by Crippen LogP contribution is 2.25. The molecule has 0 atom stereocenters. The fraction of sp³-hybridized carbons (Fsp3) is 0.111. The van der Waals surface area contributed by atoms with Crippen LogP contribution in [0.1, 0.15) is 5.56 Å². The Labute approximate surface area is 90.0 Å². The van der Waals surface area contributed by atoms with Gasteiger partial charge >= 0.3 is 5.69 Å². The molecule has 2 N–H and O–H groups in total. The van der Waals surface area contributed by atoms with Gasteiger partial charge in [-0.15, -0.1) is 0 Å². The third kappa shape index (κ3) is 2.65. The molecule has 0 amide bonds. The van der Waals surface area contributed by atoms with Gasteiger partial charge in [0.1, 0.15) is 0 Å². The number of hydrogen-bond donors (Lipinski definition) is 1. The molecule has 0 spiro atoms. The fourth-order valence-electron chi connectivity index (χ4n) is 0.918. The minimum Gasteiger partial charge on any atom is -0.320 e. The minimum absolute atomic E-state index is 0.0315. The predicted molar refractivity (Wildman–Crippen MR) is 54.0 cm³/mol. The zero-order valence-corrected chi connectivity index (χ0v) is 8.21. The summed E-state index contributed by atoms with van der Waals surface area (Å²) in [4.78, 5) is 9.50. The van der Waals surface area contributed by atoms with Crippen LogP contribution in [0, 0.1) is 27.8 Å². The lowest BCUT2D eigenvalue weighted by atomic mass is 10.2. The van der Waals surface area contributed by atoms with Gasteiger partial charge in [-0.25, -0.2) is 0 Å². The standard InChI is InChI=1S/C9H6ClFN2O2/c10-7-5-9(13(14)15)8(11)4-6(7)2-1-3-12/h4-5H,3,12H2. The first-order chi connectivity index (χ1) is 7.06. The van der Waals surface area contributed by atoms with Crippen molar-refractivity contribution in [2.24, 2.45) is 5.73 Å². The van der Waals surface area contributed by atoms with E-state index in [0.717, 1.165) is 12.1 Å². The average Bonchev–Trinajstić information content (AvgIpc) is 2.18. The van der Waals surface area contributed by atoms with Crippen molar-refractivity contribution in [3.05, 3.63) is 38.7 Å². The molecule has 0 aliphatic heterocycles. The Morgan fingerprint density at radius 1 is 1.60 bits per heavy atom. The number of nitrogens with two attached hydrogens (primary N) is 1. The lowest BCUT2D eigenvalue weighted by Gasteiger charge is -1.97. The molecule has 0 unspecified atom stereocenters. The Bertz CT molecular complexity index is 465. The summed E-state index contributed by atoms with van der Waals surface area (Å²) in [7, 11) is 0. The van der Waals surface area contributed by atoms with Gasteiger partial charge in [-0.1, -0.05) is 23.4 Å². The zero-order chi connectivity index (χ0) is 11.4. The van der Waals surface area contributed by atoms with Crippen LogP contribution in [0.5, 0.6) is 0 Å². The molecule has 4 nitrogen and oxygen atoms in total. The van der Waals surface area contributed by atoms with Gasteiger partial charge in [-0.2, -0.15) is 4.39 Å². The van der Waals surface area contributed by atoms with Gasteiger partial charge in [0.05, 0.1) is 16.5 Å². The van der Waals surface area contributed by atoms with Crippen LogP contribution in [0.4, 0.5) is 10.1 Å². The molecular weight excluding hydrogens is 223 g/mol. The Kier molecular flexibility index (Phi) is 3.61. The topological polar surface area (TPSA) is 69.2 Å². The Balaban J connectivity index is 3.25. The van der Waals surface area contributed by atoms with Gasteiger partial charge in [-0.05, 0) is 6.07 Å². The SMILES string of the molecule is NCC#Cc1cc(F)c([N+](=O)[O-])cc1Cl. The zero-order valence-electron chi connectivity index (χ0n) is 7.46. The Morgan fingerprint density at radius 2 is 2.27 bits per heavy atom. The van der Waals surface area contributed by atoms with Crippen LogP contribution in [0.3, 0.4) is 0 Å². The first kappa shape index (κ1) is 11.4. The third-order valence-electron chi connectivity index (χ3n) is 1.56. The largest absolute Gasteiger partial charge is 0.320 e. The molecule has 0 heterocycles. The maximum absolute atomic E-state index is 13.1. The Hall–Kier alpha value is -1.64. The van der Waals surface area contributed by atoms with Crippen molar-refractivity contribution in [2.75, 3.05) is 6.54 Å². The highest BCUT2D eigenvalue weighted by Gasteiger charge is 2.16. The van der Waals surface area contributed by atoms with Gasteiger partial charge in [0.25, 0.3) is 0 Å². The molecule has 0 aliphatic carbocycles. The number of nitrogens with zero attached hydrogens (tertiary/aromatic N) is 1. The maximum Gasteiger partial charge on any atom is 0.306 e. The summed E-state index contributed by atoms with van der Waals surface area (Å²) in [5.41, 5.74) is 4.64. The van der Waals surface area contributed by atoms with Crippen molar-refractivity contribution >= 4 is 17.3 Å². The molecule has 0 saturated heterocycles. The summed E-state index contributed by atoms with van der Waals surface area (Å²) in [6, 6.07) is 1.85. The highest BCUT2D eigenvalue weighted by molar-refractivity contribution is 6.32. The molecule has 0 aromatic heterocycles. The molecule has 0 radical (unpaired) electrons. The average molecular weight is 229 g/mol. The first-order valence-electron chi connectivity index (χ1n) is 3.88. The second kappa shape index (κ2) is 4.73. The summed E-state index contributed by atoms with van der Waals surface area (Å²) in [6.45, 7) is 0.106. The lowest BCUT2D eigenvalue weighted by Crippen LogP contribution is -1.95. The van der Waals surface area contributed by atoms with Crippen molar-refractivity contribution in [1.82, 2.24) is 0 Å². The van der Waals surface area contributed by atoms with Crippen molar-refractivity contribution in [1.29, 1.82) is 0 Å². The summed E-state index contributed by atoms with van der Waals surface area (Å²) >= 11 is 5.67. The minimum atomic E-state index is -0.967. The van der Waals surface area contributed by atoms with Crippen molar-refractivity contribution < 1.29 is 9.31 Å². The van der Waals surface area contributed by atoms with Crippen LogP contribution in [0.25, 0.3) is 0 Å². The third-order valence-corrected chi connectivity index (χ3v) is 1.87. The molecule has 0 saturated carbocycles. The molecule has 0 bridgehead atoms. The number of rotatable bonds is 1. The van der Waals surface area contributed by atoms with E-state index in [1.54, 1.807) is 0 Å². The molecule has 0 fully saturated rings. The summed E-state index contributed by atoms with van der Waals surface area (Å²) in [5, 5.41) is 10.4. The summed E-state index contributed by atoms with van der Waals surface area (Å²) < 4.78 is 13.1. The van der Waals surface area contributed by atoms with Crippen molar-refractivity contribution in [3.8, 4) is 11.8 Å². The molecular formula is C9H6ClFN2O2. The highest BCUT2D eigenvalue weighted by atomic mass is 35.5. The van der Waals surface area contributed by atoms with Crippen LogP contribution >= 0.6 is 11.6 Å². The van der Waals surface area contributed by atoms with E-state index in [1.165, 1.54) is 0 Å². The molecule has 78 valence electrons. The second-order valence-electron chi connectivity index (χ2n) is 2.55. The fourth-order valence-corrected chi connectivity index (χ4v) is 1.12.